The molecule has 0 heterocycles. The first-order chi connectivity index (χ1) is 9.12. The van der Waals surface area contributed by atoms with Gasteiger partial charge in [0.2, 0.25) is 0 Å². The van der Waals surface area contributed by atoms with Crippen molar-refractivity contribution in [1.29, 1.82) is 0 Å². The SMILES string of the molecule is FC(F)(COc1ccc(CCl)cc1)c1ccccc1. The maximum Gasteiger partial charge on any atom is 0.306 e. The van der Waals surface area contributed by atoms with Gasteiger partial charge in [0.05, 0.1) is 0 Å². The molecule has 1 nitrogen and oxygen atoms in total. The smallest absolute Gasteiger partial charge is 0.306 e. The molecule has 2 aromatic rings. The number of benzene rings is 2. The van der Waals surface area contributed by atoms with Crippen molar-refractivity contribution in [3.05, 3.63) is 65.7 Å². The van der Waals surface area contributed by atoms with E-state index in [9.17, 15) is 8.78 Å². The van der Waals surface area contributed by atoms with Crippen LogP contribution in [0.5, 0.6) is 5.75 Å². The molecule has 4 heteroatoms. The van der Waals surface area contributed by atoms with E-state index >= 15 is 0 Å². The van der Waals surface area contributed by atoms with Gasteiger partial charge in [-0.2, -0.15) is 8.78 Å². The summed E-state index contributed by atoms with van der Waals surface area (Å²) < 4.78 is 32.8. The predicted molar refractivity (Wildman–Crippen MR) is 71.8 cm³/mol. The third-order valence-electron chi connectivity index (χ3n) is 2.69. The molecule has 0 fully saturated rings. The van der Waals surface area contributed by atoms with Gasteiger partial charge in [-0.25, -0.2) is 0 Å². The Kier molecular flexibility index (Phi) is 4.38. The summed E-state index contributed by atoms with van der Waals surface area (Å²) in [6.07, 6.45) is 0. The molecule has 0 saturated heterocycles. The molecule has 0 N–H and O–H groups in total. The van der Waals surface area contributed by atoms with Crippen molar-refractivity contribution in [3.8, 4) is 5.75 Å². The minimum Gasteiger partial charge on any atom is -0.487 e. The van der Waals surface area contributed by atoms with Crippen LogP contribution in [0.15, 0.2) is 54.6 Å². The Morgan fingerprint density at radius 2 is 1.58 bits per heavy atom. The predicted octanol–water partition coefficient (Wildman–Crippen LogP) is 4.60. The number of hydrogen-bond acceptors (Lipinski definition) is 1. The highest BCUT2D eigenvalue weighted by Gasteiger charge is 2.32. The van der Waals surface area contributed by atoms with Crippen molar-refractivity contribution < 1.29 is 13.5 Å². The van der Waals surface area contributed by atoms with Gasteiger partial charge in [-0.15, -0.1) is 11.6 Å². The third-order valence-corrected chi connectivity index (χ3v) is 3.00. The second-order valence-electron chi connectivity index (χ2n) is 4.14. The lowest BCUT2D eigenvalue weighted by molar-refractivity contribution is -0.0467. The largest absolute Gasteiger partial charge is 0.487 e. The highest BCUT2D eigenvalue weighted by atomic mass is 35.5. The lowest BCUT2D eigenvalue weighted by Gasteiger charge is -2.17. The zero-order chi connectivity index (χ0) is 13.7. The molecule has 0 unspecified atom stereocenters. The Bertz CT molecular complexity index is 511. The zero-order valence-electron chi connectivity index (χ0n) is 10.2. The number of rotatable bonds is 5. The molecule has 0 aliphatic carbocycles. The molecular weight excluding hydrogens is 270 g/mol. The highest BCUT2D eigenvalue weighted by Crippen LogP contribution is 2.28. The van der Waals surface area contributed by atoms with Crippen LogP contribution in [0.2, 0.25) is 0 Å². The van der Waals surface area contributed by atoms with Crippen molar-refractivity contribution in [2.45, 2.75) is 11.8 Å². The molecule has 0 bridgehead atoms. The van der Waals surface area contributed by atoms with Crippen molar-refractivity contribution in [1.82, 2.24) is 0 Å². The van der Waals surface area contributed by atoms with Crippen LogP contribution in [-0.4, -0.2) is 6.61 Å². The molecule has 0 aromatic heterocycles. The van der Waals surface area contributed by atoms with E-state index in [0.717, 1.165) is 5.56 Å². The van der Waals surface area contributed by atoms with Gasteiger partial charge in [-0.1, -0.05) is 42.5 Å². The van der Waals surface area contributed by atoms with E-state index in [-0.39, 0.29) is 5.56 Å². The van der Waals surface area contributed by atoms with E-state index in [4.69, 9.17) is 16.3 Å². The van der Waals surface area contributed by atoms with Gasteiger partial charge in [0.15, 0.2) is 6.61 Å². The van der Waals surface area contributed by atoms with Gasteiger partial charge >= 0.3 is 5.92 Å². The fourth-order valence-electron chi connectivity index (χ4n) is 1.61. The number of alkyl halides is 3. The molecule has 100 valence electrons. The topological polar surface area (TPSA) is 9.23 Å². The molecule has 0 aliphatic rings. The first-order valence-electron chi connectivity index (χ1n) is 5.83. The zero-order valence-corrected chi connectivity index (χ0v) is 10.9. The van der Waals surface area contributed by atoms with E-state index in [0.29, 0.717) is 11.6 Å². The molecule has 2 aromatic carbocycles. The fourth-order valence-corrected chi connectivity index (χ4v) is 1.79. The first-order valence-corrected chi connectivity index (χ1v) is 6.36. The highest BCUT2D eigenvalue weighted by molar-refractivity contribution is 6.17. The Hall–Kier alpha value is -1.61. The normalized spacial score (nSPS) is 11.3. The summed E-state index contributed by atoms with van der Waals surface area (Å²) in [7, 11) is 0. The van der Waals surface area contributed by atoms with Crippen LogP contribution in [0.4, 0.5) is 8.78 Å². The van der Waals surface area contributed by atoms with Gasteiger partial charge in [-0.05, 0) is 17.7 Å². The van der Waals surface area contributed by atoms with Gasteiger partial charge in [0, 0.05) is 11.4 Å². The molecule has 0 spiro atoms. The fraction of sp³-hybridized carbons (Fsp3) is 0.200. The van der Waals surface area contributed by atoms with Gasteiger partial charge in [0.1, 0.15) is 5.75 Å². The van der Waals surface area contributed by atoms with Crippen molar-refractivity contribution in [3.63, 3.8) is 0 Å². The lowest BCUT2D eigenvalue weighted by atomic mass is 10.1. The quantitative estimate of drug-likeness (QED) is 0.729. The summed E-state index contributed by atoms with van der Waals surface area (Å²) in [6, 6.07) is 14.4. The Morgan fingerprint density at radius 1 is 0.947 bits per heavy atom. The van der Waals surface area contributed by atoms with Crippen LogP contribution < -0.4 is 4.74 Å². The third kappa shape index (κ3) is 3.67. The van der Waals surface area contributed by atoms with Gasteiger partial charge in [0.25, 0.3) is 0 Å². The van der Waals surface area contributed by atoms with E-state index in [1.165, 1.54) is 12.1 Å². The standard InChI is InChI=1S/C15H13ClF2O/c16-10-12-6-8-14(9-7-12)19-11-15(17,18)13-4-2-1-3-5-13/h1-9H,10-11H2. The lowest BCUT2D eigenvalue weighted by Crippen LogP contribution is -2.23. The monoisotopic (exact) mass is 282 g/mol. The van der Waals surface area contributed by atoms with Crippen molar-refractivity contribution >= 4 is 11.6 Å². The molecule has 2 rings (SSSR count). The number of hydrogen-bond donors (Lipinski definition) is 0. The maximum atomic E-state index is 13.8. The van der Waals surface area contributed by atoms with Crippen LogP contribution in [-0.2, 0) is 11.8 Å². The van der Waals surface area contributed by atoms with Crippen LogP contribution >= 0.6 is 11.6 Å². The van der Waals surface area contributed by atoms with Gasteiger partial charge < -0.3 is 4.74 Å². The first kappa shape index (κ1) is 13.8. The Morgan fingerprint density at radius 3 is 2.16 bits per heavy atom. The summed E-state index contributed by atoms with van der Waals surface area (Å²) in [5.74, 6) is -2.21. The summed E-state index contributed by atoms with van der Waals surface area (Å²) in [5, 5.41) is 0. The molecule has 0 atom stereocenters. The van der Waals surface area contributed by atoms with E-state index in [2.05, 4.69) is 0 Å². The molecule has 0 saturated carbocycles. The van der Waals surface area contributed by atoms with Crippen molar-refractivity contribution in [2.75, 3.05) is 6.61 Å². The Balaban J connectivity index is 2.01. The van der Waals surface area contributed by atoms with E-state index in [1.54, 1.807) is 42.5 Å². The maximum absolute atomic E-state index is 13.8. The molecule has 0 aliphatic heterocycles. The average Bonchev–Trinajstić information content (AvgIpc) is 2.47. The molecule has 0 amide bonds. The summed E-state index contributed by atoms with van der Waals surface area (Å²) >= 11 is 5.65. The minimum atomic E-state index is -3.01. The second kappa shape index (κ2) is 6.02. The Labute approximate surface area is 115 Å². The molecule has 19 heavy (non-hydrogen) atoms. The van der Waals surface area contributed by atoms with Crippen LogP contribution in [0, 0.1) is 0 Å². The molecular formula is C15H13ClF2O. The van der Waals surface area contributed by atoms with Gasteiger partial charge in [-0.3, -0.25) is 0 Å². The van der Waals surface area contributed by atoms with E-state index in [1.807, 2.05) is 0 Å². The molecule has 0 radical (unpaired) electrons. The van der Waals surface area contributed by atoms with Crippen molar-refractivity contribution in [2.24, 2.45) is 0 Å². The van der Waals surface area contributed by atoms with Crippen LogP contribution in [0.3, 0.4) is 0 Å². The average molecular weight is 283 g/mol. The van der Waals surface area contributed by atoms with Crippen LogP contribution in [0.25, 0.3) is 0 Å². The number of ether oxygens (including phenoxy) is 1. The summed E-state index contributed by atoms with van der Waals surface area (Å²) in [4.78, 5) is 0. The number of halogens is 3. The van der Waals surface area contributed by atoms with E-state index < -0.39 is 12.5 Å². The summed E-state index contributed by atoms with van der Waals surface area (Å²) in [5.41, 5.74) is 0.871. The second-order valence-corrected chi connectivity index (χ2v) is 4.40. The summed E-state index contributed by atoms with van der Waals surface area (Å²) in [6.45, 7) is -0.683. The van der Waals surface area contributed by atoms with Crippen LogP contribution in [0.1, 0.15) is 11.1 Å². The minimum absolute atomic E-state index is 0.0487.